The van der Waals surface area contributed by atoms with Gasteiger partial charge in [-0.05, 0) is 47.2 Å². The average molecular weight is 473 g/mol. The summed E-state index contributed by atoms with van der Waals surface area (Å²) in [6.45, 7) is 1.05. The van der Waals surface area contributed by atoms with Gasteiger partial charge in [-0.15, -0.1) is 6.42 Å². The van der Waals surface area contributed by atoms with Gasteiger partial charge in [-0.2, -0.15) is 0 Å². The third-order valence-corrected chi connectivity index (χ3v) is 6.16. The van der Waals surface area contributed by atoms with Crippen LogP contribution in [0.3, 0.4) is 0 Å². The van der Waals surface area contributed by atoms with Crippen molar-refractivity contribution in [1.29, 1.82) is 0 Å². The summed E-state index contributed by atoms with van der Waals surface area (Å²) >= 11 is 7.55. The van der Waals surface area contributed by atoms with Crippen molar-refractivity contribution in [3.63, 3.8) is 0 Å². The zero-order valence-electron chi connectivity index (χ0n) is 17.8. The highest BCUT2D eigenvalue weighted by Crippen LogP contribution is 2.36. The van der Waals surface area contributed by atoms with Gasteiger partial charge in [-0.1, -0.05) is 78.2 Å². The second kappa shape index (κ2) is 10.9. The molecule has 1 amide bonds. The molecule has 1 heterocycles. The van der Waals surface area contributed by atoms with Gasteiger partial charge in [0.2, 0.25) is 0 Å². The third-order valence-electron chi connectivity index (χ3n) is 4.88. The first kappa shape index (κ1) is 22.7. The van der Waals surface area contributed by atoms with Gasteiger partial charge in [-0.25, -0.2) is 0 Å². The largest absolute Gasteiger partial charge is 0.480 e. The zero-order valence-corrected chi connectivity index (χ0v) is 19.4. The first-order valence-electron chi connectivity index (χ1n) is 10.3. The lowest BCUT2D eigenvalue weighted by atomic mass is 10.1. The highest BCUT2D eigenvalue weighted by molar-refractivity contribution is 8.18. The van der Waals surface area contributed by atoms with E-state index in [0.717, 1.165) is 11.1 Å². The van der Waals surface area contributed by atoms with E-state index in [9.17, 15) is 4.79 Å². The molecule has 0 aromatic heterocycles. The number of nitrogens with zero attached hydrogens (tertiary/aromatic N) is 2. The van der Waals surface area contributed by atoms with E-state index >= 15 is 0 Å². The van der Waals surface area contributed by atoms with Crippen molar-refractivity contribution in [3.8, 4) is 18.1 Å². The Hall–Kier alpha value is -3.46. The lowest BCUT2D eigenvalue weighted by molar-refractivity contribution is -0.122. The van der Waals surface area contributed by atoms with Crippen LogP contribution in [0, 0.1) is 12.3 Å². The van der Waals surface area contributed by atoms with E-state index in [4.69, 9.17) is 27.8 Å². The molecular weight excluding hydrogens is 452 g/mol. The van der Waals surface area contributed by atoms with Crippen LogP contribution >= 0.6 is 23.4 Å². The van der Waals surface area contributed by atoms with E-state index in [0.29, 0.717) is 39.5 Å². The molecule has 0 N–H and O–H groups in total. The Bertz CT molecular complexity index is 1230. The molecular formula is C27H21ClN2O2S. The van der Waals surface area contributed by atoms with Crippen LogP contribution in [0.4, 0.5) is 0 Å². The van der Waals surface area contributed by atoms with E-state index in [1.54, 1.807) is 29.2 Å². The fourth-order valence-corrected chi connectivity index (χ4v) is 4.45. The number of terminal acetylenes is 1. The van der Waals surface area contributed by atoms with E-state index in [1.807, 2.05) is 60.7 Å². The van der Waals surface area contributed by atoms with Crippen molar-refractivity contribution in [1.82, 2.24) is 4.90 Å². The molecule has 4 nitrogen and oxygen atoms in total. The van der Waals surface area contributed by atoms with Crippen molar-refractivity contribution in [3.05, 3.63) is 105 Å². The number of hydrogen-bond acceptors (Lipinski definition) is 4. The number of ether oxygens (including phenoxy) is 1. The SMILES string of the molecule is C#CCOc1ccc(Cl)cc1/C=C1/SC(=NCc2ccccc2)N(Cc2ccccc2)C1=O. The number of rotatable bonds is 7. The molecule has 1 aliphatic heterocycles. The maximum Gasteiger partial charge on any atom is 0.267 e. The second-order valence-corrected chi connectivity index (χ2v) is 8.69. The number of amides is 1. The summed E-state index contributed by atoms with van der Waals surface area (Å²) in [5, 5.41) is 1.21. The van der Waals surface area contributed by atoms with Gasteiger partial charge >= 0.3 is 0 Å². The van der Waals surface area contributed by atoms with Crippen LogP contribution in [-0.4, -0.2) is 22.6 Å². The summed E-state index contributed by atoms with van der Waals surface area (Å²) in [6, 6.07) is 25.1. The Morgan fingerprint density at radius 3 is 2.42 bits per heavy atom. The van der Waals surface area contributed by atoms with E-state index < -0.39 is 0 Å². The number of carbonyl (C=O) groups is 1. The molecule has 3 aromatic rings. The van der Waals surface area contributed by atoms with E-state index in [-0.39, 0.29) is 12.5 Å². The Morgan fingerprint density at radius 2 is 1.73 bits per heavy atom. The highest BCUT2D eigenvalue weighted by atomic mass is 35.5. The minimum absolute atomic E-state index is 0.112. The molecule has 0 atom stereocenters. The third kappa shape index (κ3) is 5.87. The quantitative estimate of drug-likeness (QED) is 0.311. The van der Waals surface area contributed by atoms with Gasteiger partial charge in [0.1, 0.15) is 12.4 Å². The monoisotopic (exact) mass is 472 g/mol. The minimum Gasteiger partial charge on any atom is -0.480 e. The molecule has 0 radical (unpaired) electrons. The van der Waals surface area contributed by atoms with Gasteiger partial charge in [0.05, 0.1) is 18.0 Å². The fraction of sp³-hybridized carbons (Fsp3) is 0.111. The fourth-order valence-electron chi connectivity index (χ4n) is 3.30. The van der Waals surface area contributed by atoms with E-state index in [2.05, 4.69) is 5.92 Å². The number of aliphatic imine (C=N–C) groups is 1. The number of amidine groups is 1. The highest BCUT2D eigenvalue weighted by Gasteiger charge is 2.33. The smallest absolute Gasteiger partial charge is 0.267 e. The van der Waals surface area contributed by atoms with Crippen LogP contribution in [0.15, 0.2) is 88.8 Å². The van der Waals surface area contributed by atoms with Gasteiger partial charge in [0.15, 0.2) is 5.17 Å². The molecule has 6 heteroatoms. The van der Waals surface area contributed by atoms with Crippen LogP contribution in [0.2, 0.25) is 5.02 Å². The molecule has 1 aliphatic rings. The van der Waals surface area contributed by atoms with Crippen LogP contribution in [0.5, 0.6) is 5.75 Å². The van der Waals surface area contributed by atoms with Crippen molar-refractivity contribution in [2.75, 3.05) is 6.61 Å². The van der Waals surface area contributed by atoms with Gasteiger partial charge in [0.25, 0.3) is 5.91 Å². The Balaban J connectivity index is 1.67. The second-order valence-electron chi connectivity index (χ2n) is 7.25. The molecule has 0 saturated carbocycles. The topological polar surface area (TPSA) is 41.9 Å². The minimum atomic E-state index is -0.112. The molecule has 1 fully saturated rings. The summed E-state index contributed by atoms with van der Waals surface area (Å²) in [6.07, 6.45) is 7.12. The standard InChI is InChI=1S/C27H21ClN2O2S/c1-2-15-32-24-14-13-23(28)16-22(24)17-25-26(31)30(19-21-11-7-4-8-12-21)27(33-25)29-18-20-9-5-3-6-10-20/h1,3-14,16-17H,15,18-19H2/b25-17+,29-27?. The lowest BCUT2D eigenvalue weighted by Crippen LogP contribution is -2.28. The predicted molar refractivity (Wildman–Crippen MR) is 136 cm³/mol. The maximum absolute atomic E-state index is 13.4. The summed E-state index contributed by atoms with van der Waals surface area (Å²) in [4.78, 5) is 20.4. The summed E-state index contributed by atoms with van der Waals surface area (Å²) < 4.78 is 5.64. The molecule has 164 valence electrons. The van der Waals surface area contributed by atoms with Crippen LogP contribution in [-0.2, 0) is 17.9 Å². The Morgan fingerprint density at radius 1 is 1.03 bits per heavy atom. The Kier molecular flexibility index (Phi) is 7.51. The van der Waals surface area contributed by atoms with Gasteiger partial charge < -0.3 is 4.74 Å². The van der Waals surface area contributed by atoms with Crippen molar-refractivity contribution >= 4 is 40.5 Å². The molecule has 0 bridgehead atoms. The van der Waals surface area contributed by atoms with Gasteiger partial charge in [-0.3, -0.25) is 14.7 Å². The summed E-state index contributed by atoms with van der Waals surface area (Å²) in [7, 11) is 0. The Labute approximate surface area is 202 Å². The number of hydrogen-bond donors (Lipinski definition) is 0. The van der Waals surface area contributed by atoms with Crippen molar-refractivity contribution in [2.45, 2.75) is 13.1 Å². The lowest BCUT2D eigenvalue weighted by Gasteiger charge is -2.15. The number of halogens is 1. The van der Waals surface area contributed by atoms with E-state index in [1.165, 1.54) is 11.8 Å². The first-order chi connectivity index (χ1) is 16.1. The molecule has 4 rings (SSSR count). The van der Waals surface area contributed by atoms with Crippen LogP contribution in [0.1, 0.15) is 16.7 Å². The summed E-state index contributed by atoms with van der Waals surface area (Å²) in [5.41, 5.74) is 2.80. The van der Waals surface area contributed by atoms with Gasteiger partial charge in [0, 0.05) is 10.6 Å². The van der Waals surface area contributed by atoms with Crippen molar-refractivity contribution < 1.29 is 9.53 Å². The predicted octanol–water partition coefficient (Wildman–Crippen LogP) is 6.02. The number of thioether (sulfide) groups is 1. The molecule has 1 saturated heterocycles. The molecule has 33 heavy (non-hydrogen) atoms. The van der Waals surface area contributed by atoms with Crippen molar-refractivity contribution in [2.24, 2.45) is 4.99 Å². The molecule has 0 unspecified atom stereocenters. The number of benzene rings is 3. The molecule has 0 aliphatic carbocycles. The maximum atomic E-state index is 13.4. The van der Waals surface area contributed by atoms with Crippen LogP contribution in [0.25, 0.3) is 6.08 Å². The molecule has 3 aromatic carbocycles. The average Bonchev–Trinajstić information content (AvgIpc) is 3.13. The first-order valence-corrected chi connectivity index (χ1v) is 11.5. The van der Waals surface area contributed by atoms with Crippen LogP contribution < -0.4 is 4.74 Å². The molecule has 0 spiro atoms. The summed E-state index contributed by atoms with van der Waals surface area (Å²) in [5.74, 6) is 2.92. The zero-order chi connectivity index (χ0) is 23.0. The number of carbonyl (C=O) groups excluding carboxylic acids is 1. The normalized spacial score (nSPS) is 15.8.